The number of fused-ring (bicyclic) bond motifs is 2. The maximum Gasteiger partial charge on any atom is 0.490 e. The van der Waals surface area contributed by atoms with Crippen LogP contribution in [0.2, 0.25) is 0 Å². The Kier molecular flexibility index (Phi) is 9.51. The predicted octanol–water partition coefficient (Wildman–Crippen LogP) is 4.59. The van der Waals surface area contributed by atoms with Crippen molar-refractivity contribution in [3.63, 3.8) is 0 Å². The lowest BCUT2D eigenvalue weighted by atomic mass is 10.0. The van der Waals surface area contributed by atoms with Crippen molar-refractivity contribution in [1.29, 1.82) is 0 Å². The summed E-state index contributed by atoms with van der Waals surface area (Å²) in [5.74, 6) is -1.20. The average Bonchev–Trinajstić information content (AvgIpc) is 3.45. The van der Waals surface area contributed by atoms with E-state index >= 15 is 0 Å². The maximum atomic E-state index is 11.6. The van der Waals surface area contributed by atoms with Gasteiger partial charge in [0, 0.05) is 42.4 Å². The number of aromatic nitrogens is 1. The van der Waals surface area contributed by atoms with E-state index in [0.29, 0.717) is 25.3 Å². The number of ether oxygens (including phenoxy) is 2. The van der Waals surface area contributed by atoms with Crippen molar-refractivity contribution in [2.45, 2.75) is 44.3 Å². The van der Waals surface area contributed by atoms with Crippen LogP contribution in [0, 0.1) is 0 Å². The number of benzene rings is 2. The first-order chi connectivity index (χ1) is 19.2. The lowest BCUT2D eigenvalue weighted by Gasteiger charge is -2.26. The third-order valence-electron chi connectivity index (χ3n) is 6.90. The lowest BCUT2D eigenvalue weighted by molar-refractivity contribution is -0.192. The number of methoxy groups -OCH3 is 1. The second-order valence-electron chi connectivity index (χ2n) is 9.76. The van der Waals surface area contributed by atoms with Crippen molar-refractivity contribution < 1.29 is 37.3 Å². The van der Waals surface area contributed by atoms with Crippen molar-refractivity contribution in [3.05, 3.63) is 36.4 Å². The molecule has 2 saturated heterocycles. The van der Waals surface area contributed by atoms with E-state index in [4.69, 9.17) is 24.4 Å². The number of carbonyl (C=O) groups is 2. The number of para-hydroxylation sites is 1. The van der Waals surface area contributed by atoms with Crippen LogP contribution >= 0.6 is 0 Å². The van der Waals surface area contributed by atoms with E-state index < -0.39 is 12.1 Å². The molecule has 0 aliphatic carbocycles. The molecule has 9 nitrogen and oxygen atoms in total. The summed E-state index contributed by atoms with van der Waals surface area (Å²) in [7, 11) is 1.68. The molecule has 1 atom stereocenters. The summed E-state index contributed by atoms with van der Waals surface area (Å²) in [6, 6.07) is 12.3. The molecular weight excluding hydrogens is 529 g/mol. The van der Waals surface area contributed by atoms with Gasteiger partial charge >= 0.3 is 12.1 Å². The van der Waals surface area contributed by atoms with E-state index in [2.05, 4.69) is 21.6 Å². The molecule has 1 amide bonds. The van der Waals surface area contributed by atoms with Crippen LogP contribution in [0.3, 0.4) is 0 Å². The number of likely N-dealkylation sites (tertiary alicyclic amines) is 1. The Morgan fingerprint density at radius 1 is 1.15 bits per heavy atom. The molecule has 2 aliphatic rings. The Bertz CT molecular complexity index is 1340. The zero-order valence-electron chi connectivity index (χ0n) is 22.2. The van der Waals surface area contributed by atoms with E-state index in [1.807, 2.05) is 30.3 Å². The van der Waals surface area contributed by atoms with Gasteiger partial charge in [-0.05, 0) is 50.9 Å². The molecule has 3 aromatic rings. The van der Waals surface area contributed by atoms with E-state index in [1.165, 1.54) is 25.9 Å². The fourth-order valence-electron chi connectivity index (χ4n) is 4.86. The molecule has 2 fully saturated rings. The minimum absolute atomic E-state index is 0.116. The highest BCUT2D eigenvalue weighted by Crippen LogP contribution is 2.38. The van der Waals surface area contributed by atoms with Gasteiger partial charge < -0.3 is 30.1 Å². The van der Waals surface area contributed by atoms with Crippen LogP contribution in [-0.2, 0) is 9.59 Å². The van der Waals surface area contributed by atoms with Crippen molar-refractivity contribution in [2.24, 2.45) is 0 Å². The minimum atomic E-state index is -5.08. The molecule has 1 unspecified atom stereocenters. The van der Waals surface area contributed by atoms with Gasteiger partial charge in [0.05, 0.1) is 30.4 Å². The first-order valence-electron chi connectivity index (χ1n) is 13.2. The van der Waals surface area contributed by atoms with E-state index in [1.54, 1.807) is 7.11 Å². The number of carbonyl (C=O) groups excluding carboxylic acids is 1. The molecule has 3 N–H and O–H groups in total. The zero-order chi connectivity index (χ0) is 28.7. The Morgan fingerprint density at radius 2 is 1.88 bits per heavy atom. The smallest absolute Gasteiger partial charge is 0.490 e. The first kappa shape index (κ1) is 29.2. The molecule has 3 heterocycles. The second kappa shape index (κ2) is 13.0. The summed E-state index contributed by atoms with van der Waals surface area (Å²) >= 11 is 0. The molecule has 5 rings (SSSR count). The fraction of sp³-hybridized carbons (Fsp3) is 0.464. The molecule has 0 radical (unpaired) electrons. The second-order valence-corrected chi connectivity index (χ2v) is 9.76. The van der Waals surface area contributed by atoms with Crippen LogP contribution in [0.25, 0.3) is 21.8 Å². The summed E-state index contributed by atoms with van der Waals surface area (Å²) < 4.78 is 43.6. The number of hydrogen-bond acceptors (Lipinski definition) is 7. The Hall–Kier alpha value is -3.80. The number of pyridine rings is 1. The molecule has 216 valence electrons. The number of anilines is 1. The van der Waals surface area contributed by atoms with Crippen molar-refractivity contribution in [1.82, 2.24) is 15.2 Å². The van der Waals surface area contributed by atoms with Gasteiger partial charge in [0.15, 0.2) is 11.5 Å². The van der Waals surface area contributed by atoms with Gasteiger partial charge in [-0.15, -0.1) is 0 Å². The third kappa shape index (κ3) is 7.44. The summed E-state index contributed by atoms with van der Waals surface area (Å²) in [5, 5.41) is 15.8. The van der Waals surface area contributed by atoms with E-state index in [-0.39, 0.29) is 11.9 Å². The minimum Gasteiger partial charge on any atom is -0.493 e. The number of halogens is 3. The zero-order valence-corrected chi connectivity index (χ0v) is 22.2. The number of amides is 1. The molecule has 1 aromatic heterocycles. The van der Waals surface area contributed by atoms with Crippen LogP contribution in [0.1, 0.15) is 32.1 Å². The number of alkyl halides is 3. The molecular formula is C28H33F3N4O5. The van der Waals surface area contributed by atoms with Gasteiger partial charge in [-0.25, -0.2) is 9.78 Å². The normalized spacial score (nSPS) is 17.7. The van der Waals surface area contributed by atoms with Crippen molar-refractivity contribution in [3.8, 4) is 11.5 Å². The predicted molar refractivity (Wildman–Crippen MR) is 145 cm³/mol. The number of nitrogens with one attached hydrogen (secondary N) is 2. The van der Waals surface area contributed by atoms with Crippen LogP contribution in [0.15, 0.2) is 36.4 Å². The monoisotopic (exact) mass is 562 g/mol. The van der Waals surface area contributed by atoms with Gasteiger partial charge in [0.2, 0.25) is 5.91 Å². The number of carboxylic acids is 1. The highest BCUT2D eigenvalue weighted by Gasteiger charge is 2.38. The van der Waals surface area contributed by atoms with Gasteiger partial charge in [-0.2, -0.15) is 13.2 Å². The van der Waals surface area contributed by atoms with Crippen molar-refractivity contribution in [2.75, 3.05) is 45.2 Å². The topological polar surface area (TPSA) is 113 Å². The SMILES string of the molecule is COc1cc2c(NC3CCC(=O)NC3)c3ccccc3nc2cc1OCCCN1CCCC1.O=C(O)C(F)(F)F. The Balaban J connectivity index is 0.000000470. The first-order valence-corrected chi connectivity index (χ1v) is 13.2. The molecule has 12 heteroatoms. The highest BCUT2D eigenvalue weighted by molar-refractivity contribution is 6.08. The molecule has 2 aromatic carbocycles. The Labute approximate surface area is 229 Å². The van der Waals surface area contributed by atoms with Crippen molar-refractivity contribution >= 4 is 39.4 Å². The van der Waals surface area contributed by atoms with Gasteiger partial charge in [0.1, 0.15) is 0 Å². The number of carboxylic acid groups (broad SMARTS) is 1. The van der Waals surface area contributed by atoms with Crippen LogP contribution in [0.5, 0.6) is 11.5 Å². The van der Waals surface area contributed by atoms with Crippen LogP contribution in [-0.4, -0.2) is 79.0 Å². The standard InChI is InChI=1S/C26H32N4O3.C2HF3O2/c1-32-23-15-20-22(16-24(23)33-14-6-13-30-11-4-5-12-30)29-21-8-3-2-7-19(21)26(20)28-18-9-10-25(31)27-17-18;3-2(4,5)1(6)7/h2-3,7-8,15-16,18H,4-6,9-14,17H2,1H3,(H,27,31)(H,28,29);(H,6,7). The largest absolute Gasteiger partial charge is 0.493 e. The number of hydrogen-bond donors (Lipinski definition) is 3. The molecule has 2 aliphatic heterocycles. The van der Waals surface area contributed by atoms with E-state index in [0.717, 1.165) is 52.6 Å². The van der Waals surface area contributed by atoms with Crippen LogP contribution < -0.4 is 20.1 Å². The highest BCUT2D eigenvalue weighted by atomic mass is 19.4. The number of piperidine rings is 1. The quantitative estimate of drug-likeness (QED) is 0.270. The van der Waals surface area contributed by atoms with Gasteiger partial charge in [-0.3, -0.25) is 4.79 Å². The summed E-state index contributed by atoms with van der Waals surface area (Å²) in [5.41, 5.74) is 2.82. The molecule has 0 spiro atoms. The average molecular weight is 563 g/mol. The molecule has 0 bridgehead atoms. The van der Waals surface area contributed by atoms with Crippen LogP contribution in [0.4, 0.5) is 18.9 Å². The summed E-state index contributed by atoms with van der Waals surface area (Å²) in [6.45, 7) is 4.75. The molecule has 40 heavy (non-hydrogen) atoms. The summed E-state index contributed by atoms with van der Waals surface area (Å²) in [4.78, 5) is 27.9. The van der Waals surface area contributed by atoms with E-state index in [9.17, 15) is 18.0 Å². The van der Waals surface area contributed by atoms with Gasteiger partial charge in [-0.1, -0.05) is 18.2 Å². The fourth-order valence-corrected chi connectivity index (χ4v) is 4.86. The number of rotatable bonds is 8. The number of aliphatic carboxylic acids is 1. The molecule has 0 saturated carbocycles. The maximum absolute atomic E-state index is 11.6. The van der Waals surface area contributed by atoms with Gasteiger partial charge in [0.25, 0.3) is 0 Å². The number of nitrogens with zero attached hydrogens (tertiary/aromatic N) is 2. The third-order valence-corrected chi connectivity index (χ3v) is 6.90. The Morgan fingerprint density at radius 3 is 2.52 bits per heavy atom. The lowest BCUT2D eigenvalue weighted by Crippen LogP contribution is -2.41. The summed E-state index contributed by atoms with van der Waals surface area (Å²) in [6.07, 6.45) is -0.131.